The zero-order valence-electron chi connectivity index (χ0n) is 12.5. The molecule has 1 fully saturated rings. The average molecular weight is 277 g/mol. The van der Waals surface area contributed by atoms with Crippen molar-refractivity contribution < 1.29 is 14.3 Å². The second-order valence-electron chi connectivity index (χ2n) is 5.08. The molecule has 1 amide bonds. The quantitative estimate of drug-likeness (QED) is 0.830. The Hall–Kier alpha value is -1.55. The molecule has 0 radical (unpaired) electrons. The first-order valence-electron chi connectivity index (χ1n) is 7.23. The maximum atomic E-state index is 12.5. The lowest BCUT2D eigenvalue weighted by Crippen LogP contribution is -2.40. The molecule has 0 spiro atoms. The molecule has 0 N–H and O–H groups in total. The molecule has 1 saturated heterocycles. The summed E-state index contributed by atoms with van der Waals surface area (Å²) in [5, 5.41) is 0. The molecule has 4 nitrogen and oxygen atoms in total. The number of likely N-dealkylation sites (N-methyl/N-ethyl adjacent to an activating group) is 1. The second-order valence-corrected chi connectivity index (χ2v) is 5.08. The standard InChI is InChI=1S/C16H23NO3/c1-4-17(16(18)15-9-6-10-20-15)12(2)13-7-5-8-14(11-13)19-3/h5,7-8,11-12,15H,4,6,9-10H2,1-3H3/t12-,15-/m1/s1. The van der Waals surface area contributed by atoms with Gasteiger partial charge in [-0.05, 0) is 44.4 Å². The first-order valence-corrected chi connectivity index (χ1v) is 7.23. The smallest absolute Gasteiger partial charge is 0.252 e. The number of methoxy groups -OCH3 is 1. The number of carbonyl (C=O) groups is 1. The van der Waals surface area contributed by atoms with E-state index < -0.39 is 0 Å². The summed E-state index contributed by atoms with van der Waals surface area (Å²) in [6, 6.07) is 7.89. The Morgan fingerprint density at radius 2 is 2.35 bits per heavy atom. The highest BCUT2D eigenvalue weighted by Crippen LogP contribution is 2.26. The molecule has 110 valence electrons. The van der Waals surface area contributed by atoms with E-state index >= 15 is 0 Å². The van der Waals surface area contributed by atoms with Crippen LogP contribution in [-0.2, 0) is 9.53 Å². The molecule has 0 aliphatic carbocycles. The van der Waals surface area contributed by atoms with Gasteiger partial charge in [-0.25, -0.2) is 0 Å². The van der Waals surface area contributed by atoms with Gasteiger partial charge in [-0.1, -0.05) is 12.1 Å². The molecule has 1 aliphatic rings. The summed E-state index contributed by atoms with van der Waals surface area (Å²) in [6.07, 6.45) is 1.55. The van der Waals surface area contributed by atoms with E-state index in [1.807, 2.05) is 43.0 Å². The fourth-order valence-electron chi connectivity index (χ4n) is 2.66. The predicted octanol–water partition coefficient (Wildman–Crippen LogP) is 2.78. The van der Waals surface area contributed by atoms with Crippen molar-refractivity contribution in [3.05, 3.63) is 29.8 Å². The van der Waals surface area contributed by atoms with E-state index in [9.17, 15) is 4.79 Å². The Morgan fingerprint density at radius 3 is 2.95 bits per heavy atom. The van der Waals surface area contributed by atoms with Crippen LogP contribution in [0.3, 0.4) is 0 Å². The highest BCUT2D eigenvalue weighted by molar-refractivity contribution is 5.81. The molecular weight excluding hydrogens is 254 g/mol. The lowest BCUT2D eigenvalue weighted by atomic mass is 10.1. The zero-order chi connectivity index (χ0) is 14.5. The number of rotatable bonds is 5. The normalized spacial score (nSPS) is 19.6. The van der Waals surface area contributed by atoms with Crippen LogP contribution in [0.1, 0.15) is 38.3 Å². The van der Waals surface area contributed by atoms with Gasteiger partial charge in [0.05, 0.1) is 13.2 Å². The molecule has 20 heavy (non-hydrogen) atoms. The van der Waals surface area contributed by atoms with Gasteiger partial charge in [-0.15, -0.1) is 0 Å². The molecule has 1 aromatic carbocycles. The Labute approximate surface area is 120 Å². The fourth-order valence-corrected chi connectivity index (χ4v) is 2.66. The van der Waals surface area contributed by atoms with Crippen molar-refractivity contribution >= 4 is 5.91 Å². The molecule has 0 saturated carbocycles. The molecule has 2 rings (SSSR count). The van der Waals surface area contributed by atoms with E-state index in [2.05, 4.69) is 0 Å². The van der Waals surface area contributed by atoms with Crippen molar-refractivity contribution in [1.82, 2.24) is 4.90 Å². The molecular formula is C16H23NO3. The molecule has 1 heterocycles. The lowest BCUT2D eigenvalue weighted by molar-refractivity contribution is -0.143. The first kappa shape index (κ1) is 14.9. The number of hydrogen-bond donors (Lipinski definition) is 0. The third-order valence-corrected chi connectivity index (χ3v) is 3.87. The van der Waals surface area contributed by atoms with Crippen molar-refractivity contribution in [2.45, 2.75) is 38.8 Å². The third kappa shape index (κ3) is 3.12. The zero-order valence-corrected chi connectivity index (χ0v) is 12.5. The van der Waals surface area contributed by atoms with Gasteiger partial charge in [0.2, 0.25) is 0 Å². The van der Waals surface area contributed by atoms with Crippen LogP contribution in [0.4, 0.5) is 0 Å². The summed E-state index contributed by atoms with van der Waals surface area (Å²) in [5.41, 5.74) is 1.08. The fraction of sp³-hybridized carbons (Fsp3) is 0.562. The molecule has 1 aliphatic heterocycles. The number of nitrogens with zero attached hydrogens (tertiary/aromatic N) is 1. The largest absolute Gasteiger partial charge is 0.497 e. The minimum absolute atomic E-state index is 0.0202. The Balaban J connectivity index is 2.14. The topological polar surface area (TPSA) is 38.8 Å². The van der Waals surface area contributed by atoms with E-state index in [0.29, 0.717) is 13.2 Å². The number of ether oxygens (including phenoxy) is 2. The van der Waals surface area contributed by atoms with E-state index in [0.717, 1.165) is 24.2 Å². The van der Waals surface area contributed by atoms with E-state index in [4.69, 9.17) is 9.47 Å². The summed E-state index contributed by atoms with van der Waals surface area (Å²) < 4.78 is 10.8. The van der Waals surface area contributed by atoms with Crippen LogP contribution in [0, 0.1) is 0 Å². The van der Waals surface area contributed by atoms with Crippen LogP contribution in [0.15, 0.2) is 24.3 Å². The van der Waals surface area contributed by atoms with Crippen LogP contribution < -0.4 is 4.74 Å². The summed E-state index contributed by atoms with van der Waals surface area (Å²) >= 11 is 0. The molecule has 0 bridgehead atoms. The summed E-state index contributed by atoms with van der Waals surface area (Å²) in [4.78, 5) is 14.4. The molecule has 1 aromatic rings. The summed E-state index contributed by atoms with van der Waals surface area (Å²) in [6.45, 7) is 5.42. The van der Waals surface area contributed by atoms with Gasteiger partial charge < -0.3 is 14.4 Å². The first-order chi connectivity index (χ1) is 9.67. The predicted molar refractivity (Wildman–Crippen MR) is 77.8 cm³/mol. The van der Waals surface area contributed by atoms with Crippen molar-refractivity contribution in [2.75, 3.05) is 20.3 Å². The van der Waals surface area contributed by atoms with Gasteiger partial charge >= 0.3 is 0 Å². The lowest BCUT2D eigenvalue weighted by Gasteiger charge is -2.30. The molecule has 2 atom stereocenters. The van der Waals surface area contributed by atoms with Gasteiger partial charge in [-0.2, -0.15) is 0 Å². The van der Waals surface area contributed by atoms with E-state index in [1.54, 1.807) is 7.11 Å². The van der Waals surface area contributed by atoms with Crippen LogP contribution in [0.2, 0.25) is 0 Å². The Bertz CT molecular complexity index is 455. The monoisotopic (exact) mass is 277 g/mol. The van der Waals surface area contributed by atoms with Gasteiger partial charge in [0.25, 0.3) is 5.91 Å². The highest BCUT2D eigenvalue weighted by atomic mass is 16.5. The van der Waals surface area contributed by atoms with Crippen molar-refractivity contribution in [3.8, 4) is 5.75 Å². The average Bonchev–Trinajstić information content (AvgIpc) is 3.02. The maximum absolute atomic E-state index is 12.5. The molecule has 0 unspecified atom stereocenters. The third-order valence-electron chi connectivity index (χ3n) is 3.87. The number of hydrogen-bond acceptors (Lipinski definition) is 3. The van der Waals surface area contributed by atoms with Crippen molar-refractivity contribution in [2.24, 2.45) is 0 Å². The summed E-state index contributed by atoms with van der Waals surface area (Å²) in [7, 11) is 1.65. The maximum Gasteiger partial charge on any atom is 0.252 e. The second kappa shape index (κ2) is 6.75. The van der Waals surface area contributed by atoms with Crippen LogP contribution >= 0.6 is 0 Å². The van der Waals surface area contributed by atoms with Crippen molar-refractivity contribution in [1.29, 1.82) is 0 Å². The van der Waals surface area contributed by atoms with Gasteiger partial charge in [0.15, 0.2) is 0 Å². The Morgan fingerprint density at radius 1 is 1.55 bits per heavy atom. The highest BCUT2D eigenvalue weighted by Gasteiger charge is 2.30. The van der Waals surface area contributed by atoms with Gasteiger partial charge in [0, 0.05) is 13.2 Å². The van der Waals surface area contributed by atoms with Crippen molar-refractivity contribution in [3.63, 3.8) is 0 Å². The van der Waals surface area contributed by atoms with E-state index in [-0.39, 0.29) is 18.1 Å². The van der Waals surface area contributed by atoms with Crippen LogP contribution in [-0.4, -0.2) is 37.2 Å². The van der Waals surface area contributed by atoms with E-state index in [1.165, 1.54) is 0 Å². The molecule has 0 aromatic heterocycles. The number of amides is 1. The van der Waals surface area contributed by atoms with Gasteiger partial charge in [0.1, 0.15) is 11.9 Å². The Kier molecular flexibility index (Phi) is 5.01. The number of carbonyl (C=O) groups excluding carboxylic acids is 1. The number of benzene rings is 1. The SMILES string of the molecule is CCN(C(=O)[C@H]1CCCO1)[C@H](C)c1cccc(OC)c1. The minimum atomic E-state index is -0.261. The minimum Gasteiger partial charge on any atom is -0.497 e. The molecule has 4 heteroatoms. The van der Waals surface area contributed by atoms with Gasteiger partial charge in [-0.3, -0.25) is 4.79 Å². The summed E-state index contributed by atoms with van der Waals surface area (Å²) in [5.74, 6) is 0.912. The van der Waals surface area contributed by atoms with Crippen LogP contribution in [0.25, 0.3) is 0 Å². The van der Waals surface area contributed by atoms with Crippen LogP contribution in [0.5, 0.6) is 5.75 Å².